The van der Waals surface area contributed by atoms with Gasteiger partial charge in [-0.3, -0.25) is 10.2 Å². The fraction of sp³-hybridized carbons (Fsp3) is 0.533. The minimum atomic E-state index is -0.103. The number of aliphatic imine (C=N–C) groups is 1. The van der Waals surface area contributed by atoms with Gasteiger partial charge in [-0.25, -0.2) is 15.0 Å². The van der Waals surface area contributed by atoms with E-state index in [9.17, 15) is 0 Å². The molecule has 2 fully saturated rings. The number of ether oxygens (including phenoxy) is 1. The van der Waals surface area contributed by atoms with Crippen molar-refractivity contribution in [3.05, 3.63) is 18.3 Å². The summed E-state index contributed by atoms with van der Waals surface area (Å²) >= 11 is 1.53. The number of anilines is 1. The topological polar surface area (TPSA) is 62.6 Å². The van der Waals surface area contributed by atoms with Gasteiger partial charge in [-0.2, -0.15) is 0 Å². The van der Waals surface area contributed by atoms with Crippen molar-refractivity contribution < 1.29 is 4.74 Å². The number of amidine groups is 1. The predicted molar refractivity (Wildman–Crippen MR) is 86.3 cm³/mol. The summed E-state index contributed by atoms with van der Waals surface area (Å²) in [5, 5.41) is 4.04. The van der Waals surface area contributed by atoms with Crippen LogP contribution >= 0.6 is 11.3 Å². The Hall–Kier alpha value is -1.73. The Bertz CT molecular complexity index is 726. The summed E-state index contributed by atoms with van der Waals surface area (Å²) in [7, 11) is 0. The van der Waals surface area contributed by atoms with Gasteiger partial charge >= 0.3 is 0 Å². The van der Waals surface area contributed by atoms with Crippen molar-refractivity contribution in [3.8, 4) is 0 Å². The summed E-state index contributed by atoms with van der Waals surface area (Å²) in [6, 6.07) is 4.49. The lowest BCUT2D eigenvalue weighted by Gasteiger charge is -2.28. The van der Waals surface area contributed by atoms with Gasteiger partial charge in [0.1, 0.15) is 15.9 Å². The van der Waals surface area contributed by atoms with E-state index in [0.717, 1.165) is 35.1 Å². The lowest BCUT2D eigenvalue weighted by Crippen LogP contribution is -2.41. The molecule has 1 N–H and O–H groups in total. The molecule has 22 heavy (non-hydrogen) atoms. The van der Waals surface area contributed by atoms with Gasteiger partial charge < -0.3 is 4.74 Å². The molecule has 0 amide bonds. The summed E-state index contributed by atoms with van der Waals surface area (Å²) in [5.41, 5.74) is 0.805. The minimum absolute atomic E-state index is 0.103. The van der Waals surface area contributed by atoms with E-state index in [0.29, 0.717) is 11.9 Å². The maximum atomic E-state index is 6.27. The molecule has 3 aliphatic heterocycles. The third-order valence-electron chi connectivity index (χ3n) is 4.91. The summed E-state index contributed by atoms with van der Waals surface area (Å²) in [4.78, 5) is 16.9. The third-order valence-corrected chi connectivity index (χ3v) is 5.81. The van der Waals surface area contributed by atoms with Crippen LogP contribution in [-0.2, 0) is 4.74 Å². The van der Waals surface area contributed by atoms with Crippen LogP contribution in [0.5, 0.6) is 0 Å². The molecule has 3 atom stereocenters. The molecule has 0 saturated carbocycles. The highest BCUT2D eigenvalue weighted by molar-refractivity contribution is 7.21. The molecular weight excluding hydrogens is 298 g/mol. The zero-order valence-electron chi connectivity index (χ0n) is 12.2. The van der Waals surface area contributed by atoms with Crippen molar-refractivity contribution in [2.45, 2.75) is 18.4 Å². The zero-order valence-corrected chi connectivity index (χ0v) is 13.0. The lowest BCUT2D eigenvalue weighted by molar-refractivity contribution is 0.0588. The van der Waals surface area contributed by atoms with Gasteiger partial charge in [0.2, 0.25) is 0 Å². The molecule has 7 heteroatoms. The largest absolute Gasteiger partial charge is 0.455 e. The molecule has 0 radical (unpaired) electrons. The number of piperidine rings is 1. The molecule has 2 saturated heterocycles. The molecule has 1 spiro atoms. The molecule has 2 bridgehead atoms. The number of rotatable bonds is 1. The van der Waals surface area contributed by atoms with E-state index in [4.69, 9.17) is 4.74 Å². The van der Waals surface area contributed by atoms with Gasteiger partial charge in [0.15, 0.2) is 5.13 Å². The zero-order chi connectivity index (χ0) is 14.6. The molecule has 6 nitrogen and oxygen atoms in total. The van der Waals surface area contributed by atoms with Crippen molar-refractivity contribution in [1.82, 2.24) is 14.9 Å². The van der Waals surface area contributed by atoms with Gasteiger partial charge in [-0.1, -0.05) is 11.3 Å². The van der Waals surface area contributed by atoms with Crippen molar-refractivity contribution in [1.29, 1.82) is 0 Å². The molecule has 2 aromatic rings. The second-order valence-electron chi connectivity index (χ2n) is 6.33. The Morgan fingerprint density at radius 1 is 1.45 bits per heavy atom. The molecule has 5 rings (SSSR count). The fourth-order valence-corrected chi connectivity index (χ4v) is 4.67. The van der Waals surface area contributed by atoms with E-state index in [1.54, 1.807) is 6.20 Å². The second-order valence-corrected chi connectivity index (χ2v) is 7.31. The molecule has 3 aliphatic rings. The first-order valence-corrected chi connectivity index (χ1v) is 8.57. The van der Waals surface area contributed by atoms with E-state index >= 15 is 0 Å². The van der Waals surface area contributed by atoms with E-state index in [1.807, 2.05) is 12.1 Å². The summed E-state index contributed by atoms with van der Waals surface area (Å²) in [6.07, 6.45) is 4.32. The van der Waals surface area contributed by atoms with Crippen LogP contribution in [-0.4, -0.2) is 52.7 Å². The van der Waals surface area contributed by atoms with Gasteiger partial charge in [0.05, 0.1) is 6.54 Å². The quantitative estimate of drug-likeness (QED) is 0.871. The highest BCUT2D eigenvalue weighted by Gasteiger charge is 2.53. The van der Waals surface area contributed by atoms with Crippen molar-refractivity contribution in [2.24, 2.45) is 10.9 Å². The molecule has 0 unspecified atom stereocenters. The fourth-order valence-electron chi connectivity index (χ4n) is 3.87. The first kappa shape index (κ1) is 12.8. The van der Waals surface area contributed by atoms with Crippen LogP contribution in [0.4, 0.5) is 5.13 Å². The Balaban J connectivity index is 1.35. The lowest BCUT2D eigenvalue weighted by atomic mass is 9.87. The monoisotopic (exact) mass is 315 g/mol. The predicted octanol–water partition coefficient (Wildman–Crippen LogP) is 1.95. The maximum absolute atomic E-state index is 6.27. The standard InChI is InChI=1S/C15H17N5OS/c1-4-11-12(16-5-1)22-14(18-11)19-13-17-8-15(21-13)9-20-6-2-3-10(15)7-20/h1,4-5,10H,2-3,6-9H2,(H,17,18,19)/t10-,15-/m0/s1. The van der Waals surface area contributed by atoms with Crippen LogP contribution < -0.4 is 5.32 Å². The first-order valence-electron chi connectivity index (χ1n) is 7.75. The summed E-state index contributed by atoms with van der Waals surface area (Å²) in [5.74, 6) is 0.612. The maximum Gasteiger partial charge on any atom is 0.291 e. The van der Waals surface area contributed by atoms with E-state index in [-0.39, 0.29) is 5.60 Å². The summed E-state index contributed by atoms with van der Waals surface area (Å²) < 4.78 is 6.27. The SMILES string of the molecule is c1cnc2sc(NC3=NC[C@@]4(C[N@]5CCC[C@H]4C5)O3)nc2c1. The molecule has 2 aromatic heterocycles. The summed E-state index contributed by atoms with van der Waals surface area (Å²) in [6.45, 7) is 4.13. The number of thiazole rings is 1. The van der Waals surface area contributed by atoms with E-state index in [2.05, 4.69) is 25.2 Å². The van der Waals surface area contributed by atoms with Crippen molar-refractivity contribution in [2.75, 3.05) is 31.5 Å². The highest BCUT2D eigenvalue weighted by Crippen LogP contribution is 2.40. The van der Waals surface area contributed by atoms with Crippen LogP contribution in [0.3, 0.4) is 0 Å². The van der Waals surface area contributed by atoms with Gasteiger partial charge in [-0.15, -0.1) is 0 Å². The van der Waals surface area contributed by atoms with Crippen LogP contribution in [0.15, 0.2) is 23.3 Å². The van der Waals surface area contributed by atoms with Crippen LogP contribution in [0.1, 0.15) is 12.8 Å². The smallest absolute Gasteiger partial charge is 0.291 e. The van der Waals surface area contributed by atoms with Crippen LogP contribution in [0.25, 0.3) is 10.3 Å². The average Bonchev–Trinajstić information content (AvgIpc) is 3.17. The Morgan fingerprint density at radius 3 is 3.36 bits per heavy atom. The van der Waals surface area contributed by atoms with E-state index in [1.165, 1.54) is 30.7 Å². The van der Waals surface area contributed by atoms with Crippen molar-refractivity contribution >= 4 is 32.8 Å². The van der Waals surface area contributed by atoms with Gasteiger partial charge in [0.25, 0.3) is 6.02 Å². The second kappa shape index (κ2) is 4.63. The van der Waals surface area contributed by atoms with E-state index < -0.39 is 0 Å². The number of nitrogens with one attached hydrogen (secondary N) is 1. The van der Waals surface area contributed by atoms with Gasteiger partial charge in [-0.05, 0) is 31.5 Å². The third kappa shape index (κ3) is 1.92. The Morgan fingerprint density at radius 2 is 2.45 bits per heavy atom. The number of aromatic nitrogens is 2. The number of fused-ring (bicyclic) bond motifs is 4. The Kier molecular flexibility index (Phi) is 2.69. The first-order chi connectivity index (χ1) is 10.8. The van der Waals surface area contributed by atoms with Crippen LogP contribution in [0, 0.1) is 5.92 Å². The number of hydrogen-bond acceptors (Lipinski definition) is 7. The molecule has 5 heterocycles. The number of hydrogen-bond donors (Lipinski definition) is 1. The number of nitrogens with zero attached hydrogens (tertiary/aromatic N) is 4. The molecule has 0 aliphatic carbocycles. The Labute approximate surface area is 132 Å². The normalized spacial score (nSPS) is 33.2. The molecule has 0 aromatic carbocycles. The molecular formula is C15H17N5OS. The van der Waals surface area contributed by atoms with Crippen LogP contribution in [0.2, 0.25) is 0 Å². The molecule has 114 valence electrons. The number of pyridine rings is 1. The van der Waals surface area contributed by atoms with Crippen molar-refractivity contribution in [3.63, 3.8) is 0 Å². The average molecular weight is 315 g/mol. The minimum Gasteiger partial charge on any atom is -0.455 e. The van der Waals surface area contributed by atoms with Gasteiger partial charge in [0, 0.05) is 25.2 Å². The highest BCUT2D eigenvalue weighted by atomic mass is 32.1.